The number of aliphatic hydroxyl groups excluding tert-OH is 1. The van der Waals surface area contributed by atoms with E-state index in [4.69, 9.17) is 4.74 Å². The van der Waals surface area contributed by atoms with E-state index in [0.717, 1.165) is 12.1 Å². The molecule has 8 nitrogen and oxygen atoms in total. The first-order valence-electron chi connectivity index (χ1n) is 11.1. The first-order chi connectivity index (χ1) is 16.1. The Morgan fingerprint density at radius 1 is 1.21 bits per heavy atom. The van der Waals surface area contributed by atoms with Gasteiger partial charge in [0.2, 0.25) is 0 Å². The lowest BCUT2D eigenvalue weighted by molar-refractivity contribution is 0.0606. The van der Waals surface area contributed by atoms with Crippen LogP contribution in [-0.2, 0) is 0 Å². The molecular formula is C23H25F3N4O4. The molecule has 1 aromatic heterocycles. The highest BCUT2D eigenvalue weighted by Crippen LogP contribution is 2.45. The average Bonchev–Trinajstić information content (AvgIpc) is 2.97. The van der Waals surface area contributed by atoms with E-state index < -0.39 is 57.8 Å². The summed E-state index contributed by atoms with van der Waals surface area (Å²) in [7, 11) is 0. The molecule has 5 rings (SSSR count). The molecule has 2 atom stereocenters. The van der Waals surface area contributed by atoms with Crippen LogP contribution in [0.25, 0.3) is 11.3 Å². The minimum absolute atomic E-state index is 0.0137. The highest BCUT2D eigenvalue weighted by molar-refractivity contribution is 6.03. The van der Waals surface area contributed by atoms with Gasteiger partial charge in [0.15, 0.2) is 23.1 Å². The quantitative estimate of drug-likeness (QED) is 0.608. The number of carbonyl (C=O) groups is 1. The molecule has 182 valence electrons. The second-order valence-corrected chi connectivity index (χ2v) is 9.50. The fourth-order valence-corrected chi connectivity index (χ4v) is 5.07. The van der Waals surface area contributed by atoms with Gasteiger partial charge in [0.25, 0.3) is 5.91 Å². The lowest BCUT2D eigenvalue weighted by Crippen LogP contribution is -2.55. The number of halogens is 3. The van der Waals surface area contributed by atoms with E-state index in [9.17, 15) is 23.8 Å². The maximum atomic E-state index is 15.9. The van der Waals surface area contributed by atoms with E-state index in [-0.39, 0.29) is 30.6 Å². The molecule has 3 aliphatic rings. The van der Waals surface area contributed by atoms with E-state index in [1.54, 1.807) is 9.80 Å². The molecule has 0 bridgehead atoms. The first kappa shape index (κ1) is 22.7. The fourth-order valence-electron chi connectivity index (χ4n) is 5.07. The van der Waals surface area contributed by atoms with Gasteiger partial charge in [-0.3, -0.25) is 4.79 Å². The maximum absolute atomic E-state index is 15.9. The number of ether oxygens (including phenoxy) is 1. The minimum Gasteiger partial charge on any atom is -0.504 e. The molecule has 4 heterocycles. The SMILES string of the molecule is CC1(C)CC(O)CN1c1nc(-c2c(F)ccc(F)c2O)c(F)c2c1C(=O)N1CCNC[C@@H]1CO2. The first-order valence-corrected chi connectivity index (χ1v) is 11.1. The molecule has 0 spiro atoms. The number of phenolic OH excluding ortho intramolecular Hbond substituents is 1. The summed E-state index contributed by atoms with van der Waals surface area (Å²) in [6.07, 6.45) is -0.393. The van der Waals surface area contributed by atoms with Gasteiger partial charge < -0.3 is 30.1 Å². The Morgan fingerprint density at radius 3 is 2.65 bits per heavy atom. The summed E-state index contributed by atoms with van der Waals surface area (Å²) >= 11 is 0. The Morgan fingerprint density at radius 2 is 1.94 bits per heavy atom. The molecule has 11 heteroatoms. The third-order valence-electron chi connectivity index (χ3n) is 6.75. The maximum Gasteiger partial charge on any atom is 0.261 e. The number of aromatic hydroxyl groups is 1. The topological polar surface area (TPSA) is 98.2 Å². The molecule has 3 N–H and O–H groups in total. The van der Waals surface area contributed by atoms with Crippen LogP contribution in [0.3, 0.4) is 0 Å². The van der Waals surface area contributed by atoms with Gasteiger partial charge >= 0.3 is 0 Å². The number of nitrogens with one attached hydrogen (secondary N) is 1. The van der Waals surface area contributed by atoms with E-state index in [1.807, 2.05) is 13.8 Å². The van der Waals surface area contributed by atoms with Crippen molar-refractivity contribution in [2.24, 2.45) is 0 Å². The summed E-state index contributed by atoms with van der Waals surface area (Å²) in [5.74, 6) is -5.44. The number of phenols is 1. The Bertz CT molecular complexity index is 1180. The number of piperazine rings is 1. The van der Waals surface area contributed by atoms with Crippen molar-refractivity contribution in [1.29, 1.82) is 0 Å². The number of nitrogens with zero attached hydrogens (tertiary/aromatic N) is 3. The molecule has 1 aromatic carbocycles. The van der Waals surface area contributed by atoms with Crippen LogP contribution in [0, 0.1) is 17.5 Å². The van der Waals surface area contributed by atoms with Crippen LogP contribution in [-0.4, -0.2) is 76.5 Å². The van der Waals surface area contributed by atoms with Crippen molar-refractivity contribution in [3.63, 3.8) is 0 Å². The predicted molar refractivity (Wildman–Crippen MR) is 116 cm³/mol. The van der Waals surface area contributed by atoms with Gasteiger partial charge in [0.05, 0.1) is 17.7 Å². The molecule has 0 aliphatic carbocycles. The molecule has 2 aromatic rings. The van der Waals surface area contributed by atoms with Crippen molar-refractivity contribution in [3.05, 3.63) is 35.1 Å². The number of aliphatic hydroxyl groups is 1. The van der Waals surface area contributed by atoms with Crippen LogP contribution < -0.4 is 15.0 Å². The Hall–Kier alpha value is -3.05. The van der Waals surface area contributed by atoms with Gasteiger partial charge in [0.1, 0.15) is 29.5 Å². The zero-order valence-corrected chi connectivity index (χ0v) is 18.7. The number of anilines is 1. The van der Waals surface area contributed by atoms with Crippen molar-refractivity contribution in [2.75, 3.05) is 37.7 Å². The highest BCUT2D eigenvalue weighted by Gasteiger charge is 2.45. The third kappa shape index (κ3) is 3.45. The van der Waals surface area contributed by atoms with Gasteiger partial charge in [0, 0.05) is 31.7 Å². The van der Waals surface area contributed by atoms with E-state index >= 15 is 4.39 Å². The van der Waals surface area contributed by atoms with Crippen LogP contribution in [0.1, 0.15) is 30.6 Å². The van der Waals surface area contributed by atoms with Gasteiger partial charge in [-0.1, -0.05) is 0 Å². The molecule has 1 amide bonds. The highest BCUT2D eigenvalue weighted by atomic mass is 19.1. The number of hydrogen-bond acceptors (Lipinski definition) is 7. The Labute approximate surface area is 193 Å². The normalized spacial score (nSPS) is 23.9. The van der Waals surface area contributed by atoms with Crippen molar-refractivity contribution in [1.82, 2.24) is 15.2 Å². The average molecular weight is 478 g/mol. The summed E-state index contributed by atoms with van der Waals surface area (Å²) in [6.45, 7) is 5.11. The number of pyridine rings is 1. The number of amides is 1. The molecule has 2 saturated heterocycles. The molecule has 3 aliphatic heterocycles. The third-order valence-corrected chi connectivity index (χ3v) is 6.75. The standard InChI is InChI=1S/C23H25F3N4O4/c1-23(2)7-12(31)9-30(23)21-16-20(34-10-11-8-27-5-6-29(11)22(16)33)17(26)18(28-21)15-13(24)3-4-14(25)19(15)32/h3-4,11-12,27,31-32H,5-10H2,1-2H3/t11-,12?/m1/s1. The molecule has 2 fully saturated rings. The van der Waals surface area contributed by atoms with Crippen molar-refractivity contribution in [2.45, 2.75) is 38.0 Å². The van der Waals surface area contributed by atoms with Crippen LogP contribution in [0.5, 0.6) is 11.5 Å². The Kier molecular flexibility index (Phi) is 5.36. The van der Waals surface area contributed by atoms with Crippen LogP contribution in [0.2, 0.25) is 0 Å². The zero-order chi connectivity index (χ0) is 24.4. The molecule has 1 unspecified atom stereocenters. The summed E-state index contributed by atoms with van der Waals surface area (Å²) in [5, 5.41) is 23.8. The second-order valence-electron chi connectivity index (χ2n) is 9.50. The second kappa shape index (κ2) is 8.02. The monoisotopic (exact) mass is 478 g/mol. The van der Waals surface area contributed by atoms with Crippen LogP contribution in [0.4, 0.5) is 19.0 Å². The lowest BCUT2D eigenvalue weighted by atomic mass is 9.99. The summed E-state index contributed by atoms with van der Waals surface area (Å²) in [5.41, 5.74) is -2.26. The summed E-state index contributed by atoms with van der Waals surface area (Å²) in [6, 6.07) is 1.13. The van der Waals surface area contributed by atoms with E-state index in [0.29, 0.717) is 26.1 Å². The van der Waals surface area contributed by atoms with Gasteiger partial charge in [-0.15, -0.1) is 0 Å². The molecule has 0 saturated carbocycles. The number of rotatable bonds is 2. The number of carbonyl (C=O) groups excluding carboxylic acids is 1. The minimum atomic E-state index is -1.17. The largest absolute Gasteiger partial charge is 0.504 e. The van der Waals surface area contributed by atoms with Crippen molar-refractivity contribution in [3.8, 4) is 22.8 Å². The van der Waals surface area contributed by atoms with Crippen LogP contribution >= 0.6 is 0 Å². The number of fused-ring (bicyclic) bond motifs is 2. The molecule has 34 heavy (non-hydrogen) atoms. The zero-order valence-electron chi connectivity index (χ0n) is 18.7. The van der Waals surface area contributed by atoms with Gasteiger partial charge in [-0.05, 0) is 32.4 Å². The van der Waals surface area contributed by atoms with E-state index in [1.165, 1.54) is 0 Å². The van der Waals surface area contributed by atoms with Gasteiger partial charge in [-0.25, -0.2) is 18.2 Å². The van der Waals surface area contributed by atoms with Crippen molar-refractivity contribution < 1.29 is 32.9 Å². The smallest absolute Gasteiger partial charge is 0.261 e. The molecular weight excluding hydrogens is 453 g/mol. The fraction of sp³-hybridized carbons (Fsp3) is 0.478. The number of β-amino-alcohol motifs (C(OH)–C–C–N with tert-alkyl or cyclic N) is 1. The lowest BCUT2D eigenvalue weighted by Gasteiger charge is -2.36. The Balaban J connectivity index is 1.79. The number of benzene rings is 1. The van der Waals surface area contributed by atoms with E-state index in [2.05, 4.69) is 10.3 Å². The predicted octanol–water partition coefficient (Wildman–Crippen LogP) is 2.03. The van der Waals surface area contributed by atoms with Gasteiger partial charge in [-0.2, -0.15) is 0 Å². The van der Waals surface area contributed by atoms with Crippen molar-refractivity contribution >= 4 is 11.7 Å². The molecule has 0 radical (unpaired) electrons. The number of hydrogen-bond donors (Lipinski definition) is 3. The summed E-state index contributed by atoms with van der Waals surface area (Å²) < 4.78 is 50.5. The summed E-state index contributed by atoms with van der Waals surface area (Å²) in [4.78, 5) is 21.2. The number of aromatic nitrogens is 1. The van der Waals surface area contributed by atoms with Crippen LogP contribution in [0.15, 0.2) is 12.1 Å².